The summed E-state index contributed by atoms with van der Waals surface area (Å²) in [7, 11) is 0. The molecule has 2 aliphatic heterocycles. The third-order valence-corrected chi connectivity index (χ3v) is 6.14. The van der Waals surface area contributed by atoms with E-state index in [9.17, 15) is 4.79 Å². The first-order valence-corrected chi connectivity index (χ1v) is 10.9. The molecule has 0 unspecified atom stereocenters. The molecule has 0 aliphatic carbocycles. The minimum absolute atomic E-state index is 0.0808. The highest BCUT2D eigenvalue weighted by molar-refractivity contribution is 6.30. The van der Waals surface area contributed by atoms with Crippen LogP contribution in [0.5, 0.6) is 0 Å². The molecular formula is C23H29ClN4O. The number of nitrogens with one attached hydrogen (secondary N) is 1. The van der Waals surface area contributed by atoms with E-state index in [0.717, 1.165) is 69.4 Å². The Kier molecular flexibility index (Phi) is 6.57. The minimum Gasteiger partial charge on any atom is -0.368 e. The van der Waals surface area contributed by atoms with Crippen molar-refractivity contribution < 1.29 is 4.79 Å². The normalized spacial score (nSPS) is 18.7. The van der Waals surface area contributed by atoms with Crippen molar-refractivity contribution in [2.75, 3.05) is 44.2 Å². The molecule has 2 aromatic rings. The number of hydrogen-bond acceptors (Lipinski definition) is 3. The number of urea groups is 1. The molecule has 2 amide bonds. The van der Waals surface area contributed by atoms with Crippen LogP contribution in [0.1, 0.15) is 18.4 Å². The Morgan fingerprint density at radius 2 is 1.66 bits per heavy atom. The summed E-state index contributed by atoms with van der Waals surface area (Å²) in [6.45, 7) is 6.21. The lowest BCUT2D eigenvalue weighted by Gasteiger charge is -2.38. The van der Waals surface area contributed by atoms with Crippen molar-refractivity contribution in [2.24, 2.45) is 0 Å². The van der Waals surface area contributed by atoms with E-state index in [1.54, 1.807) is 0 Å². The second-order valence-corrected chi connectivity index (χ2v) is 8.38. The summed E-state index contributed by atoms with van der Waals surface area (Å²) < 4.78 is 0. The van der Waals surface area contributed by atoms with Crippen LogP contribution in [-0.2, 0) is 6.54 Å². The van der Waals surface area contributed by atoms with Crippen LogP contribution < -0.4 is 10.2 Å². The van der Waals surface area contributed by atoms with Gasteiger partial charge in [-0.25, -0.2) is 4.79 Å². The van der Waals surface area contributed by atoms with Gasteiger partial charge in [-0.1, -0.05) is 48.0 Å². The van der Waals surface area contributed by atoms with Crippen LogP contribution in [0.25, 0.3) is 0 Å². The maximum absolute atomic E-state index is 12.7. The molecule has 5 nitrogen and oxygen atoms in total. The van der Waals surface area contributed by atoms with Crippen molar-refractivity contribution in [1.82, 2.24) is 15.1 Å². The van der Waals surface area contributed by atoms with E-state index in [4.69, 9.17) is 11.6 Å². The molecule has 0 bridgehead atoms. The topological polar surface area (TPSA) is 38.8 Å². The maximum atomic E-state index is 12.7. The zero-order valence-electron chi connectivity index (χ0n) is 16.8. The monoisotopic (exact) mass is 412 g/mol. The Labute approximate surface area is 178 Å². The van der Waals surface area contributed by atoms with Gasteiger partial charge in [-0.05, 0) is 36.6 Å². The van der Waals surface area contributed by atoms with E-state index in [1.807, 2.05) is 23.1 Å². The van der Waals surface area contributed by atoms with E-state index >= 15 is 0 Å². The molecule has 0 atom stereocenters. The minimum atomic E-state index is 0.0808. The molecule has 4 rings (SSSR count). The van der Waals surface area contributed by atoms with Gasteiger partial charge < -0.3 is 15.1 Å². The Hall–Kier alpha value is -2.24. The summed E-state index contributed by atoms with van der Waals surface area (Å²) in [5.41, 5.74) is 2.48. The third kappa shape index (κ3) is 5.43. The summed E-state index contributed by atoms with van der Waals surface area (Å²) in [6.07, 6.45) is 2.03. The van der Waals surface area contributed by atoms with E-state index < -0.39 is 0 Å². The fourth-order valence-electron chi connectivity index (χ4n) is 4.18. The molecule has 2 aliphatic rings. The molecular weight excluding hydrogens is 384 g/mol. The fourth-order valence-corrected chi connectivity index (χ4v) is 4.37. The molecule has 2 aromatic carbocycles. The molecule has 0 radical (unpaired) electrons. The van der Waals surface area contributed by atoms with Crippen molar-refractivity contribution in [1.29, 1.82) is 0 Å². The number of piperidine rings is 1. The number of rotatable bonds is 4. The molecule has 0 saturated carbocycles. The SMILES string of the molecule is O=C(NC1CCN(Cc2ccccc2)CC1)N1CCN(c2cccc(Cl)c2)CC1. The maximum Gasteiger partial charge on any atom is 0.317 e. The van der Waals surface area contributed by atoms with Crippen LogP contribution in [0, 0.1) is 0 Å². The number of nitrogens with zero attached hydrogens (tertiary/aromatic N) is 3. The van der Waals surface area contributed by atoms with E-state index in [0.29, 0.717) is 0 Å². The molecule has 0 spiro atoms. The zero-order chi connectivity index (χ0) is 20.1. The second-order valence-electron chi connectivity index (χ2n) is 7.94. The first-order valence-electron chi connectivity index (χ1n) is 10.5. The number of halogens is 1. The largest absolute Gasteiger partial charge is 0.368 e. The van der Waals surface area contributed by atoms with Crippen LogP contribution >= 0.6 is 11.6 Å². The molecule has 2 heterocycles. The highest BCUT2D eigenvalue weighted by atomic mass is 35.5. The van der Waals surface area contributed by atoms with Crippen LogP contribution in [0.3, 0.4) is 0 Å². The predicted octanol–water partition coefficient (Wildman–Crippen LogP) is 3.84. The van der Waals surface area contributed by atoms with Crippen molar-refractivity contribution in [2.45, 2.75) is 25.4 Å². The quantitative estimate of drug-likeness (QED) is 0.829. The van der Waals surface area contributed by atoms with Gasteiger partial charge in [-0.3, -0.25) is 4.90 Å². The number of likely N-dealkylation sites (tertiary alicyclic amines) is 1. The summed E-state index contributed by atoms with van der Waals surface area (Å²) in [6, 6.07) is 18.9. The summed E-state index contributed by atoms with van der Waals surface area (Å²) >= 11 is 6.10. The van der Waals surface area contributed by atoms with Gasteiger partial charge in [0.25, 0.3) is 0 Å². The number of carbonyl (C=O) groups excluding carboxylic acids is 1. The molecule has 6 heteroatoms. The molecule has 1 N–H and O–H groups in total. The van der Waals surface area contributed by atoms with Gasteiger partial charge in [0.2, 0.25) is 0 Å². The Morgan fingerprint density at radius 1 is 0.931 bits per heavy atom. The third-order valence-electron chi connectivity index (χ3n) is 5.90. The van der Waals surface area contributed by atoms with E-state index in [-0.39, 0.29) is 12.1 Å². The van der Waals surface area contributed by atoms with Gasteiger partial charge in [-0.2, -0.15) is 0 Å². The smallest absolute Gasteiger partial charge is 0.317 e. The second kappa shape index (κ2) is 9.51. The van der Waals surface area contributed by atoms with Crippen LogP contribution in [0.2, 0.25) is 5.02 Å². The molecule has 2 saturated heterocycles. The highest BCUT2D eigenvalue weighted by Gasteiger charge is 2.25. The van der Waals surface area contributed by atoms with Crippen molar-refractivity contribution in [3.63, 3.8) is 0 Å². The predicted molar refractivity (Wildman–Crippen MR) is 119 cm³/mol. The van der Waals surface area contributed by atoms with Gasteiger partial charge in [0.1, 0.15) is 0 Å². The van der Waals surface area contributed by atoms with Gasteiger partial charge >= 0.3 is 6.03 Å². The van der Waals surface area contributed by atoms with Gasteiger partial charge in [0, 0.05) is 62.6 Å². The number of amides is 2. The first-order chi connectivity index (χ1) is 14.2. The van der Waals surface area contributed by atoms with Gasteiger partial charge in [0.15, 0.2) is 0 Å². The highest BCUT2D eigenvalue weighted by Crippen LogP contribution is 2.21. The lowest BCUT2D eigenvalue weighted by molar-refractivity contribution is 0.167. The van der Waals surface area contributed by atoms with E-state index in [2.05, 4.69) is 51.5 Å². The van der Waals surface area contributed by atoms with Gasteiger partial charge in [-0.15, -0.1) is 0 Å². The van der Waals surface area contributed by atoms with Crippen molar-refractivity contribution in [3.8, 4) is 0 Å². The van der Waals surface area contributed by atoms with Gasteiger partial charge in [0.05, 0.1) is 0 Å². The number of carbonyl (C=O) groups is 1. The first kappa shape index (κ1) is 20.0. The summed E-state index contributed by atoms with van der Waals surface area (Å²) in [5.74, 6) is 0. The summed E-state index contributed by atoms with van der Waals surface area (Å²) in [4.78, 5) is 19.4. The molecule has 2 fully saturated rings. The molecule has 29 heavy (non-hydrogen) atoms. The Balaban J connectivity index is 1.20. The fraction of sp³-hybridized carbons (Fsp3) is 0.435. The number of piperazine rings is 1. The average molecular weight is 413 g/mol. The lowest BCUT2D eigenvalue weighted by Crippen LogP contribution is -2.54. The van der Waals surface area contributed by atoms with Crippen LogP contribution in [-0.4, -0.2) is 61.1 Å². The Morgan fingerprint density at radius 3 is 2.34 bits per heavy atom. The number of anilines is 1. The van der Waals surface area contributed by atoms with Crippen LogP contribution in [0.4, 0.5) is 10.5 Å². The van der Waals surface area contributed by atoms with E-state index in [1.165, 1.54) is 5.56 Å². The average Bonchev–Trinajstić information content (AvgIpc) is 2.76. The summed E-state index contributed by atoms with van der Waals surface area (Å²) in [5, 5.41) is 4.01. The molecule has 154 valence electrons. The lowest BCUT2D eigenvalue weighted by atomic mass is 10.0. The Bertz CT molecular complexity index is 800. The van der Waals surface area contributed by atoms with Crippen LogP contribution in [0.15, 0.2) is 54.6 Å². The molecule has 0 aromatic heterocycles. The van der Waals surface area contributed by atoms with Crippen molar-refractivity contribution >= 4 is 23.3 Å². The zero-order valence-corrected chi connectivity index (χ0v) is 17.5. The number of benzene rings is 2. The number of hydrogen-bond donors (Lipinski definition) is 1. The standard InChI is InChI=1S/C23H29ClN4O/c24-20-7-4-8-22(17-20)27-13-15-28(16-14-27)23(29)25-21-9-11-26(12-10-21)18-19-5-2-1-3-6-19/h1-8,17,21H,9-16,18H2,(H,25,29). The van der Waals surface area contributed by atoms with Crippen molar-refractivity contribution in [3.05, 3.63) is 65.2 Å².